The molecule has 1 heterocycles. The SMILES string of the molecule is COc1cccc(-c2ccc(S(=O)(=O)NCCC3CCOC3)c(Cl)c2)c1. The number of hydrogen-bond donors (Lipinski definition) is 1. The zero-order valence-electron chi connectivity index (χ0n) is 14.6. The third kappa shape index (κ3) is 4.57. The first-order valence-corrected chi connectivity index (χ1v) is 10.4. The fourth-order valence-electron chi connectivity index (χ4n) is 2.99. The van der Waals surface area contributed by atoms with Crippen LogP contribution in [0.15, 0.2) is 47.4 Å². The van der Waals surface area contributed by atoms with Gasteiger partial charge in [-0.1, -0.05) is 29.8 Å². The molecule has 1 aliphatic heterocycles. The van der Waals surface area contributed by atoms with E-state index in [0.717, 1.165) is 36.3 Å². The van der Waals surface area contributed by atoms with E-state index >= 15 is 0 Å². The largest absolute Gasteiger partial charge is 0.497 e. The molecule has 0 bridgehead atoms. The van der Waals surface area contributed by atoms with Crippen molar-refractivity contribution >= 4 is 21.6 Å². The second kappa shape index (κ2) is 8.39. The average Bonchev–Trinajstić information content (AvgIpc) is 3.14. The highest BCUT2D eigenvalue weighted by Gasteiger charge is 2.20. The summed E-state index contributed by atoms with van der Waals surface area (Å²) >= 11 is 6.27. The molecule has 26 heavy (non-hydrogen) atoms. The molecular formula is C19H22ClNO4S. The number of halogens is 1. The van der Waals surface area contributed by atoms with Gasteiger partial charge < -0.3 is 9.47 Å². The summed E-state index contributed by atoms with van der Waals surface area (Å²) in [5.74, 6) is 1.15. The summed E-state index contributed by atoms with van der Waals surface area (Å²) in [7, 11) is -2.04. The van der Waals surface area contributed by atoms with Gasteiger partial charge in [0, 0.05) is 19.8 Å². The summed E-state index contributed by atoms with van der Waals surface area (Å²) in [6, 6.07) is 12.5. The van der Waals surface area contributed by atoms with Crippen LogP contribution in [0.25, 0.3) is 11.1 Å². The zero-order valence-corrected chi connectivity index (χ0v) is 16.1. The number of nitrogens with one attached hydrogen (secondary N) is 1. The van der Waals surface area contributed by atoms with Gasteiger partial charge in [0.2, 0.25) is 10.0 Å². The average molecular weight is 396 g/mol. The van der Waals surface area contributed by atoms with Gasteiger partial charge in [0.15, 0.2) is 0 Å². The van der Waals surface area contributed by atoms with E-state index in [9.17, 15) is 8.42 Å². The van der Waals surface area contributed by atoms with Gasteiger partial charge in [-0.2, -0.15) is 0 Å². The van der Waals surface area contributed by atoms with E-state index in [-0.39, 0.29) is 9.92 Å². The Morgan fingerprint density at radius 3 is 2.73 bits per heavy atom. The van der Waals surface area contributed by atoms with Gasteiger partial charge >= 0.3 is 0 Å². The van der Waals surface area contributed by atoms with Gasteiger partial charge in [0.05, 0.1) is 12.1 Å². The molecule has 3 rings (SSSR count). The van der Waals surface area contributed by atoms with Crippen molar-refractivity contribution in [3.63, 3.8) is 0 Å². The summed E-state index contributed by atoms with van der Waals surface area (Å²) in [6.45, 7) is 1.84. The number of sulfonamides is 1. The first-order chi connectivity index (χ1) is 12.5. The lowest BCUT2D eigenvalue weighted by Gasteiger charge is -2.12. The van der Waals surface area contributed by atoms with E-state index in [2.05, 4.69) is 4.72 Å². The Hall–Kier alpha value is -1.60. The quantitative estimate of drug-likeness (QED) is 0.775. The van der Waals surface area contributed by atoms with Gasteiger partial charge in [-0.15, -0.1) is 0 Å². The molecule has 1 saturated heterocycles. The highest BCUT2D eigenvalue weighted by molar-refractivity contribution is 7.89. The summed E-state index contributed by atoms with van der Waals surface area (Å²) in [4.78, 5) is 0.0912. The minimum atomic E-state index is -3.64. The van der Waals surface area contributed by atoms with E-state index < -0.39 is 10.0 Å². The smallest absolute Gasteiger partial charge is 0.242 e. The maximum atomic E-state index is 12.5. The van der Waals surface area contributed by atoms with Crippen LogP contribution in [-0.2, 0) is 14.8 Å². The van der Waals surface area contributed by atoms with Crippen LogP contribution < -0.4 is 9.46 Å². The molecule has 1 atom stereocenters. The predicted molar refractivity (Wildman–Crippen MR) is 102 cm³/mol. The fraction of sp³-hybridized carbons (Fsp3) is 0.368. The highest BCUT2D eigenvalue weighted by Crippen LogP contribution is 2.30. The molecule has 0 aliphatic carbocycles. The van der Waals surface area contributed by atoms with Crippen LogP contribution in [0.2, 0.25) is 5.02 Å². The van der Waals surface area contributed by atoms with Crippen molar-refractivity contribution in [3.05, 3.63) is 47.5 Å². The number of benzene rings is 2. The number of hydrogen-bond acceptors (Lipinski definition) is 4. The molecule has 2 aromatic carbocycles. The monoisotopic (exact) mass is 395 g/mol. The van der Waals surface area contributed by atoms with E-state index in [1.54, 1.807) is 19.2 Å². The highest BCUT2D eigenvalue weighted by atomic mass is 35.5. The van der Waals surface area contributed by atoms with E-state index in [4.69, 9.17) is 21.1 Å². The molecule has 1 aliphatic rings. The van der Waals surface area contributed by atoms with E-state index in [1.165, 1.54) is 6.07 Å². The van der Waals surface area contributed by atoms with Crippen molar-refractivity contribution in [2.24, 2.45) is 5.92 Å². The van der Waals surface area contributed by atoms with Crippen LogP contribution in [0, 0.1) is 5.92 Å². The molecule has 0 aromatic heterocycles. The Labute approximate surface area is 159 Å². The van der Waals surface area contributed by atoms with Gasteiger partial charge in [0.1, 0.15) is 10.6 Å². The molecule has 5 nitrogen and oxygen atoms in total. The summed E-state index contributed by atoms with van der Waals surface area (Å²) in [5.41, 5.74) is 1.74. The third-order valence-electron chi connectivity index (χ3n) is 4.49. The first kappa shape index (κ1) is 19.2. The van der Waals surface area contributed by atoms with Crippen molar-refractivity contribution < 1.29 is 17.9 Å². The Bertz CT molecular complexity index is 864. The van der Waals surface area contributed by atoms with Crippen molar-refractivity contribution in [2.75, 3.05) is 26.9 Å². The van der Waals surface area contributed by atoms with Gasteiger partial charge in [-0.25, -0.2) is 13.1 Å². The standard InChI is InChI=1S/C19H22ClNO4S/c1-24-17-4-2-3-15(11-17)16-5-6-19(18(20)12-16)26(22,23)21-9-7-14-8-10-25-13-14/h2-6,11-12,14,21H,7-10,13H2,1H3. The van der Waals surface area contributed by atoms with Crippen LogP contribution in [0.3, 0.4) is 0 Å². The van der Waals surface area contributed by atoms with Gasteiger partial charge in [-0.05, 0) is 54.2 Å². The molecule has 0 saturated carbocycles. The van der Waals surface area contributed by atoms with Crippen molar-refractivity contribution in [2.45, 2.75) is 17.7 Å². The lowest BCUT2D eigenvalue weighted by molar-refractivity contribution is 0.184. The lowest BCUT2D eigenvalue weighted by atomic mass is 10.1. The Kier molecular flexibility index (Phi) is 6.19. The molecule has 1 N–H and O–H groups in total. The van der Waals surface area contributed by atoms with Gasteiger partial charge in [-0.3, -0.25) is 0 Å². The third-order valence-corrected chi connectivity index (χ3v) is 6.44. The summed E-state index contributed by atoms with van der Waals surface area (Å²) < 4.78 is 38.2. The Morgan fingerprint density at radius 2 is 2.04 bits per heavy atom. The number of methoxy groups -OCH3 is 1. The molecular weight excluding hydrogens is 374 g/mol. The topological polar surface area (TPSA) is 64.6 Å². The second-order valence-electron chi connectivity index (χ2n) is 6.29. The van der Waals surface area contributed by atoms with Crippen molar-refractivity contribution in [1.29, 1.82) is 0 Å². The fourth-order valence-corrected chi connectivity index (χ4v) is 4.58. The molecule has 0 amide bonds. The van der Waals surface area contributed by atoms with Crippen LogP contribution in [0.4, 0.5) is 0 Å². The minimum absolute atomic E-state index is 0.0912. The summed E-state index contributed by atoms with van der Waals surface area (Å²) in [6.07, 6.45) is 1.75. The van der Waals surface area contributed by atoms with E-state index in [1.807, 2.05) is 24.3 Å². The number of ether oxygens (including phenoxy) is 2. The van der Waals surface area contributed by atoms with Crippen molar-refractivity contribution in [3.8, 4) is 16.9 Å². The number of rotatable bonds is 7. The van der Waals surface area contributed by atoms with E-state index in [0.29, 0.717) is 19.1 Å². The first-order valence-electron chi connectivity index (χ1n) is 8.51. The van der Waals surface area contributed by atoms with Crippen LogP contribution in [0.1, 0.15) is 12.8 Å². The molecule has 1 unspecified atom stereocenters. The van der Waals surface area contributed by atoms with Crippen LogP contribution >= 0.6 is 11.6 Å². The maximum Gasteiger partial charge on any atom is 0.242 e. The molecule has 2 aromatic rings. The van der Waals surface area contributed by atoms with Crippen LogP contribution in [0.5, 0.6) is 5.75 Å². The summed E-state index contributed by atoms with van der Waals surface area (Å²) in [5, 5.41) is 0.196. The minimum Gasteiger partial charge on any atom is -0.497 e. The Morgan fingerprint density at radius 1 is 1.23 bits per heavy atom. The molecule has 0 spiro atoms. The van der Waals surface area contributed by atoms with Gasteiger partial charge in [0.25, 0.3) is 0 Å². The normalized spacial score (nSPS) is 17.4. The molecule has 7 heteroatoms. The maximum absolute atomic E-state index is 12.5. The lowest BCUT2D eigenvalue weighted by Crippen LogP contribution is -2.26. The Balaban J connectivity index is 1.73. The molecule has 0 radical (unpaired) electrons. The molecule has 140 valence electrons. The second-order valence-corrected chi connectivity index (χ2v) is 8.44. The predicted octanol–water partition coefficient (Wildman–Crippen LogP) is 3.72. The van der Waals surface area contributed by atoms with Crippen LogP contribution in [-0.4, -0.2) is 35.3 Å². The molecule has 1 fully saturated rings. The zero-order chi connectivity index (χ0) is 18.6. The van der Waals surface area contributed by atoms with Crippen molar-refractivity contribution in [1.82, 2.24) is 4.72 Å².